The Balaban J connectivity index is 1.36. The highest BCUT2D eigenvalue weighted by Crippen LogP contribution is 2.59. The van der Waals surface area contributed by atoms with E-state index in [0.717, 1.165) is 26.0 Å². The van der Waals surface area contributed by atoms with Crippen LogP contribution in [0.5, 0.6) is 0 Å². The van der Waals surface area contributed by atoms with E-state index in [2.05, 4.69) is 120 Å². The van der Waals surface area contributed by atoms with Gasteiger partial charge in [0, 0.05) is 18.5 Å². The third-order valence-corrected chi connectivity index (χ3v) is 8.47. The summed E-state index contributed by atoms with van der Waals surface area (Å²) < 4.78 is 0. The van der Waals surface area contributed by atoms with Crippen LogP contribution >= 0.6 is 0 Å². The van der Waals surface area contributed by atoms with Crippen molar-refractivity contribution in [2.75, 3.05) is 20.7 Å². The molecule has 170 valence electrons. The van der Waals surface area contributed by atoms with Gasteiger partial charge in [0.05, 0.1) is 24.4 Å². The highest BCUT2D eigenvalue weighted by molar-refractivity contribution is 5.32. The zero-order valence-electron chi connectivity index (χ0n) is 19.5. The maximum atomic E-state index is 6.37. The summed E-state index contributed by atoms with van der Waals surface area (Å²) in [6.45, 7) is 1.64. The molecule has 2 aliphatic heterocycles. The van der Waals surface area contributed by atoms with Crippen molar-refractivity contribution >= 4 is 0 Å². The van der Waals surface area contributed by atoms with E-state index in [1.165, 1.54) is 16.7 Å². The first kappa shape index (κ1) is 21.1. The van der Waals surface area contributed by atoms with Gasteiger partial charge in [-0.05, 0) is 43.6 Å². The Labute approximate surface area is 197 Å². The lowest BCUT2D eigenvalue weighted by Gasteiger charge is -2.43. The molecule has 4 atom stereocenters. The van der Waals surface area contributed by atoms with Crippen LogP contribution in [0.3, 0.4) is 0 Å². The van der Waals surface area contributed by atoms with E-state index in [9.17, 15) is 0 Å². The lowest BCUT2D eigenvalue weighted by atomic mass is 9.93. The molecule has 3 aromatic carbocycles. The molecule has 3 aliphatic rings. The Hall–Kier alpha value is -2.50. The van der Waals surface area contributed by atoms with Crippen LogP contribution in [0.15, 0.2) is 91.0 Å². The molecule has 0 N–H and O–H groups in total. The zero-order chi connectivity index (χ0) is 22.4. The molecule has 3 aromatic rings. The molecule has 1 aliphatic carbocycles. The van der Waals surface area contributed by atoms with Crippen LogP contribution in [-0.2, 0) is 11.4 Å². The van der Waals surface area contributed by atoms with Gasteiger partial charge in [0.2, 0.25) is 0 Å². The minimum absolute atomic E-state index is 0.0167. The Morgan fingerprint density at radius 3 is 1.82 bits per heavy atom. The number of rotatable bonds is 4. The molecular formula is C29H33N3O. The lowest BCUT2D eigenvalue weighted by molar-refractivity contribution is -0.142. The first-order chi connectivity index (χ1) is 16.2. The normalized spacial score (nSPS) is 29.6. The zero-order valence-corrected chi connectivity index (χ0v) is 19.5. The Bertz CT molecular complexity index is 1020. The van der Waals surface area contributed by atoms with Crippen molar-refractivity contribution in [1.82, 2.24) is 14.9 Å². The molecule has 0 bridgehead atoms. The van der Waals surface area contributed by atoms with E-state index < -0.39 is 0 Å². The smallest absolute Gasteiger partial charge is 0.0812 e. The van der Waals surface area contributed by atoms with Gasteiger partial charge in [-0.25, -0.2) is 0 Å². The van der Waals surface area contributed by atoms with E-state index in [1.54, 1.807) is 0 Å². The predicted molar refractivity (Wildman–Crippen MR) is 131 cm³/mol. The highest BCUT2D eigenvalue weighted by Gasteiger charge is 2.65. The maximum Gasteiger partial charge on any atom is 0.0812 e. The molecule has 0 unspecified atom stereocenters. The van der Waals surface area contributed by atoms with Crippen molar-refractivity contribution in [1.29, 1.82) is 0 Å². The van der Waals surface area contributed by atoms with Crippen LogP contribution in [0.2, 0.25) is 0 Å². The number of nitrogens with zero attached hydrogens (tertiary/aromatic N) is 3. The monoisotopic (exact) mass is 439 g/mol. The SMILES string of the molecule is CN1[C@@H](c2ccccc2)[C@H](c2ccccc2)N(C)C12CC[C@H]1[C@@H]2CON1Cc1ccccc1. The second-order valence-electron chi connectivity index (χ2n) is 9.88. The average Bonchev–Trinajstić information content (AvgIpc) is 3.51. The minimum Gasteiger partial charge on any atom is -0.298 e. The molecule has 6 rings (SSSR count). The number of hydroxylamine groups is 2. The molecule has 33 heavy (non-hydrogen) atoms. The van der Waals surface area contributed by atoms with E-state index in [4.69, 9.17) is 4.84 Å². The van der Waals surface area contributed by atoms with Gasteiger partial charge in [0.15, 0.2) is 0 Å². The fraction of sp³-hybridized carbons (Fsp3) is 0.379. The van der Waals surface area contributed by atoms with Crippen molar-refractivity contribution in [3.63, 3.8) is 0 Å². The number of likely N-dealkylation sites (N-methyl/N-ethyl adjacent to an activating group) is 2. The molecule has 4 nitrogen and oxygen atoms in total. The number of fused-ring (bicyclic) bond motifs is 2. The molecule has 4 heteroatoms. The summed E-state index contributed by atoms with van der Waals surface area (Å²) in [7, 11) is 4.69. The first-order valence-corrected chi connectivity index (χ1v) is 12.2. The van der Waals surface area contributed by atoms with Crippen molar-refractivity contribution in [2.45, 2.75) is 43.2 Å². The van der Waals surface area contributed by atoms with Crippen LogP contribution in [0.1, 0.15) is 41.6 Å². The van der Waals surface area contributed by atoms with Gasteiger partial charge in [-0.3, -0.25) is 14.6 Å². The van der Waals surface area contributed by atoms with Crippen molar-refractivity contribution in [2.24, 2.45) is 5.92 Å². The number of benzene rings is 3. The Kier molecular flexibility index (Phi) is 5.34. The highest BCUT2D eigenvalue weighted by atomic mass is 16.7. The summed E-state index contributed by atoms with van der Waals surface area (Å²) in [5.74, 6) is 0.455. The van der Waals surface area contributed by atoms with Gasteiger partial charge in [-0.1, -0.05) is 91.0 Å². The molecule has 0 radical (unpaired) electrons. The molecule has 2 saturated heterocycles. The van der Waals surface area contributed by atoms with Gasteiger partial charge in [-0.2, -0.15) is 5.06 Å². The molecule has 0 aromatic heterocycles. The first-order valence-electron chi connectivity index (χ1n) is 12.2. The Morgan fingerprint density at radius 2 is 1.27 bits per heavy atom. The second-order valence-corrected chi connectivity index (χ2v) is 9.88. The van der Waals surface area contributed by atoms with Crippen molar-refractivity contribution in [3.8, 4) is 0 Å². The fourth-order valence-corrected chi connectivity index (χ4v) is 6.98. The summed E-state index contributed by atoms with van der Waals surface area (Å²) in [6, 6.07) is 33.9. The van der Waals surface area contributed by atoms with Gasteiger partial charge >= 0.3 is 0 Å². The Morgan fingerprint density at radius 1 is 0.758 bits per heavy atom. The molecule has 2 heterocycles. The summed E-state index contributed by atoms with van der Waals surface area (Å²) in [4.78, 5) is 11.7. The second kappa shape index (κ2) is 8.37. The van der Waals surface area contributed by atoms with Gasteiger partial charge < -0.3 is 0 Å². The third kappa shape index (κ3) is 3.28. The summed E-state index contributed by atoms with van der Waals surface area (Å²) in [5, 5.41) is 2.27. The van der Waals surface area contributed by atoms with Crippen LogP contribution in [-0.4, -0.2) is 47.3 Å². The van der Waals surface area contributed by atoms with Crippen molar-refractivity contribution < 1.29 is 4.84 Å². The molecule has 1 saturated carbocycles. The molecule has 0 amide bonds. The van der Waals surface area contributed by atoms with E-state index in [-0.39, 0.29) is 5.66 Å². The van der Waals surface area contributed by atoms with E-state index in [1.807, 2.05) is 0 Å². The van der Waals surface area contributed by atoms with Crippen LogP contribution in [0, 0.1) is 5.92 Å². The van der Waals surface area contributed by atoms with Gasteiger partial charge in [0.25, 0.3) is 0 Å². The third-order valence-electron chi connectivity index (χ3n) is 8.47. The quantitative estimate of drug-likeness (QED) is 0.551. The van der Waals surface area contributed by atoms with Crippen molar-refractivity contribution in [3.05, 3.63) is 108 Å². The molecular weight excluding hydrogens is 406 g/mol. The predicted octanol–water partition coefficient (Wildman–Crippen LogP) is 5.27. The standard InChI is InChI=1S/C29H33N3O/c1-30-27(23-14-8-4-9-15-23)28(24-16-10-5-11-17-24)31(2)29(30)19-18-26-25(29)21-33-32(26)20-22-12-6-3-7-13-22/h3-17,25-28H,18-21H2,1-2H3/t25-,26-,27-,28-/m0/s1. The van der Waals surface area contributed by atoms with E-state index in [0.29, 0.717) is 24.0 Å². The van der Waals surface area contributed by atoms with Gasteiger partial charge in [-0.15, -0.1) is 0 Å². The number of hydrogen-bond donors (Lipinski definition) is 0. The van der Waals surface area contributed by atoms with Crippen LogP contribution in [0.25, 0.3) is 0 Å². The summed E-state index contributed by atoms with van der Waals surface area (Å²) >= 11 is 0. The van der Waals surface area contributed by atoms with E-state index >= 15 is 0 Å². The summed E-state index contributed by atoms with van der Waals surface area (Å²) in [5.41, 5.74) is 4.08. The van der Waals surface area contributed by atoms with Crippen LogP contribution < -0.4 is 0 Å². The van der Waals surface area contributed by atoms with Gasteiger partial charge in [0.1, 0.15) is 0 Å². The fourth-order valence-electron chi connectivity index (χ4n) is 6.98. The average molecular weight is 440 g/mol. The summed E-state index contributed by atoms with van der Waals surface area (Å²) in [6.07, 6.45) is 2.33. The lowest BCUT2D eigenvalue weighted by Crippen LogP contribution is -2.55. The largest absolute Gasteiger partial charge is 0.298 e. The molecule has 3 fully saturated rings. The maximum absolute atomic E-state index is 6.37. The minimum atomic E-state index is -0.0167. The molecule has 1 spiro atoms. The topological polar surface area (TPSA) is 19.0 Å². The number of hydrogen-bond acceptors (Lipinski definition) is 4. The van der Waals surface area contributed by atoms with Crippen LogP contribution in [0.4, 0.5) is 0 Å².